The van der Waals surface area contributed by atoms with Gasteiger partial charge in [-0.2, -0.15) is 0 Å². The summed E-state index contributed by atoms with van der Waals surface area (Å²) in [6.07, 6.45) is 6.62. The van der Waals surface area contributed by atoms with E-state index in [1.165, 1.54) is 4.90 Å². The zero-order chi connectivity index (χ0) is 15.5. The Kier molecular flexibility index (Phi) is 4.09. The lowest BCUT2D eigenvalue weighted by Gasteiger charge is -2.17. The van der Waals surface area contributed by atoms with Gasteiger partial charge in [0.05, 0.1) is 7.11 Å². The van der Waals surface area contributed by atoms with Crippen molar-refractivity contribution in [2.75, 3.05) is 19.1 Å². The normalized spacial score (nSPS) is 14.1. The highest BCUT2D eigenvalue weighted by molar-refractivity contribution is 6.05. The molecule has 1 aliphatic rings. The smallest absolute Gasteiger partial charge is 0.281 e. The highest BCUT2D eigenvalue weighted by atomic mass is 16.5. The number of pyridine rings is 1. The minimum Gasteiger partial charge on any atom is -0.493 e. The average molecular weight is 301 g/mol. The van der Waals surface area contributed by atoms with Crippen LogP contribution in [0.15, 0.2) is 22.9 Å². The van der Waals surface area contributed by atoms with E-state index in [0.29, 0.717) is 17.3 Å². The molecule has 0 atom stereocenters. The zero-order valence-corrected chi connectivity index (χ0v) is 12.8. The molecule has 0 saturated heterocycles. The van der Waals surface area contributed by atoms with Crippen molar-refractivity contribution in [1.82, 2.24) is 10.1 Å². The second-order valence-electron chi connectivity index (χ2n) is 5.39. The summed E-state index contributed by atoms with van der Waals surface area (Å²) in [5.74, 6) is 1.65. The highest BCUT2D eigenvalue weighted by Gasteiger charge is 2.27. The topological polar surface area (TPSA) is 68.5 Å². The molecule has 2 heterocycles. The van der Waals surface area contributed by atoms with Crippen LogP contribution in [0.1, 0.15) is 41.1 Å². The number of carbonyl (C=O) groups is 1. The molecule has 2 aromatic heterocycles. The average Bonchev–Trinajstić information content (AvgIpc) is 2.81. The van der Waals surface area contributed by atoms with Crippen LogP contribution in [0.3, 0.4) is 0 Å². The summed E-state index contributed by atoms with van der Waals surface area (Å²) in [6, 6.07) is 3.54. The Hall–Kier alpha value is -2.37. The van der Waals surface area contributed by atoms with Gasteiger partial charge in [-0.05, 0) is 31.4 Å². The summed E-state index contributed by atoms with van der Waals surface area (Å²) in [6.45, 7) is 0. The van der Waals surface area contributed by atoms with Gasteiger partial charge in [-0.25, -0.2) is 4.98 Å². The molecule has 22 heavy (non-hydrogen) atoms. The number of amides is 1. The van der Waals surface area contributed by atoms with E-state index >= 15 is 0 Å². The maximum absolute atomic E-state index is 12.8. The molecule has 0 fully saturated rings. The van der Waals surface area contributed by atoms with Crippen LogP contribution in [0.5, 0.6) is 5.75 Å². The summed E-state index contributed by atoms with van der Waals surface area (Å²) >= 11 is 0. The van der Waals surface area contributed by atoms with Crippen LogP contribution in [0, 0.1) is 0 Å². The molecule has 0 N–H and O–H groups in total. The second-order valence-corrected chi connectivity index (χ2v) is 5.39. The third-order valence-corrected chi connectivity index (χ3v) is 4.00. The fraction of sp³-hybridized carbons (Fsp3) is 0.438. The van der Waals surface area contributed by atoms with Crippen LogP contribution in [0.2, 0.25) is 0 Å². The molecule has 0 spiro atoms. The van der Waals surface area contributed by atoms with Crippen LogP contribution >= 0.6 is 0 Å². The first-order valence-electron chi connectivity index (χ1n) is 7.47. The SMILES string of the molecule is COc1cccnc1N(C)C(=O)c1noc2c1CCCCC2. The third-order valence-electron chi connectivity index (χ3n) is 4.00. The first kappa shape index (κ1) is 14.6. The largest absolute Gasteiger partial charge is 0.493 e. The first-order valence-corrected chi connectivity index (χ1v) is 7.47. The lowest BCUT2D eigenvalue weighted by Crippen LogP contribution is -2.28. The maximum atomic E-state index is 12.8. The number of hydrogen-bond donors (Lipinski definition) is 0. The Bertz CT molecular complexity index is 681. The lowest BCUT2D eigenvalue weighted by atomic mass is 10.1. The van der Waals surface area contributed by atoms with Gasteiger partial charge in [-0.15, -0.1) is 0 Å². The molecular formula is C16H19N3O3. The minimum atomic E-state index is -0.219. The standard InChI is InChI=1S/C16H19N3O3/c1-19(15-13(21-2)9-6-10-17-15)16(20)14-11-7-4-3-5-8-12(11)22-18-14/h6,9-10H,3-5,7-8H2,1-2H3. The molecule has 1 aliphatic carbocycles. The molecule has 116 valence electrons. The number of anilines is 1. The van der Waals surface area contributed by atoms with E-state index < -0.39 is 0 Å². The van der Waals surface area contributed by atoms with E-state index in [1.807, 2.05) is 0 Å². The monoisotopic (exact) mass is 301 g/mol. The number of fused-ring (bicyclic) bond motifs is 1. The molecule has 2 aromatic rings. The number of ether oxygens (including phenoxy) is 1. The zero-order valence-electron chi connectivity index (χ0n) is 12.8. The first-order chi connectivity index (χ1) is 10.7. The van der Waals surface area contributed by atoms with E-state index in [-0.39, 0.29) is 5.91 Å². The predicted molar refractivity (Wildman–Crippen MR) is 81.3 cm³/mol. The lowest BCUT2D eigenvalue weighted by molar-refractivity contribution is 0.0982. The van der Waals surface area contributed by atoms with Crippen LogP contribution in [0.4, 0.5) is 5.82 Å². The van der Waals surface area contributed by atoms with E-state index in [0.717, 1.165) is 43.4 Å². The van der Waals surface area contributed by atoms with Crippen molar-refractivity contribution >= 4 is 11.7 Å². The van der Waals surface area contributed by atoms with Crippen LogP contribution in [-0.2, 0) is 12.8 Å². The molecular weight excluding hydrogens is 282 g/mol. The molecule has 0 saturated carbocycles. The number of rotatable bonds is 3. The van der Waals surface area contributed by atoms with Crippen molar-refractivity contribution < 1.29 is 14.1 Å². The van der Waals surface area contributed by atoms with Crippen molar-refractivity contribution in [3.05, 3.63) is 35.3 Å². The Morgan fingerprint density at radius 3 is 2.95 bits per heavy atom. The number of methoxy groups -OCH3 is 1. The third kappa shape index (κ3) is 2.56. The quantitative estimate of drug-likeness (QED) is 0.815. The predicted octanol–water partition coefficient (Wildman–Crippen LogP) is 2.62. The molecule has 0 unspecified atom stereocenters. The summed E-state index contributed by atoms with van der Waals surface area (Å²) in [5.41, 5.74) is 1.34. The number of aryl methyl sites for hydroxylation is 1. The highest BCUT2D eigenvalue weighted by Crippen LogP contribution is 2.28. The fourth-order valence-electron chi connectivity index (χ4n) is 2.78. The Morgan fingerprint density at radius 2 is 2.14 bits per heavy atom. The maximum Gasteiger partial charge on any atom is 0.281 e. The van der Waals surface area contributed by atoms with Crippen molar-refractivity contribution in [2.45, 2.75) is 32.1 Å². The Balaban J connectivity index is 1.92. The van der Waals surface area contributed by atoms with Gasteiger partial charge in [0.2, 0.25) is 0 Å². The van der Waals surface area contributed by atoms with Crippen molar-refractivity contribution in [2.24, 2.45) is 0 Å². The second kappa shape index (κ2) is 6.17. The number of nitrogens with zero attached hydrogens (tertiary/aromatic N) is 3. The summed E-state index contributed by atoms with van der Waals surface area (Å²) in [4.78, 5) is 18.5. The van der Waals surface area contributed by atoms with Gasteiger partial charge < -0.3 is 9.26 Å². The fourth-order valence-corrected chi connectivity index (χ4v) is 2.78. The minimum absolute atomic E-state index is 0.219. The molecule has 0 bridgehead atoms. The van der Waals surface area contributed by atoms with E-state index in [2.05, 4.69) is 10.1 Å². The van der Waals surface area contributed by atoms with E-state index in [9.17, 15) is 4.79 Å². The summed E-state index contributed by atoms with van der Waals surface area (Å²) < 4.78 is 10.6. The summed E-state index contributed by atoms with van der Waals surface area (Å²) in [7, 11) is 3.23. The van der Waals surface area contributed by atoms with Gasteiger partial charge in [-0.1, -0.05) is 11.6 Å². The molecule has 0 aromatic carbocycles. The van der Waals surface area contributed by atoms with Gasteiger partial charge in [0.25, 0.3) is 5.91 Å². The Morgan fingerprint density at radius 1 is 1.32 bits per heavy atom. The number of carbonyl (C=O) groups excluding carboxylic acids is 1. The molecule has 3 rings (SSSR count). The molecule has 1 amide bonds. The van der Waals surface area contributed by atoms with E-state index in [4.69, 9.17) is 9.26 Å². The van der Waals surface area contributed by atoms with Crippen molar-refractivity contribution in [3.8, 4) is 5.75 Å². The van der Waals surface area contributed by atoms with Crippen LogP contribution < -0.4 is 9.64 Å². The molecule has 6 nitrogen and oxygen atoms in total. The van der Waals surface area contributed by atoms with Gasteiger partial charge in [0.1, 0.15) is 5.76 Å². The Labute approximate surface area is 129 Å². The van der Waals surface area contributed by atoms with Gasteiger partial charge in [0.15, 0.2) is 17.3 Å². The molecule has 0 aliphatic heterocycles. The van der Waals surface area contributed by atoms with Crippen LogP contribution in [0.25, 0.3) is 0 Å². The number of hydrogen-bond acceptors (Lipinski definition) is 5. The van der Waals surface area contributed by atoms with Crippen molar-refractivity contribution in [3.63, 3.8) is 0 Å². The molecule has 0 radical (unpaired) electrons. The number of aromatic nitrogens is 2. The summed E-state index contributed by atoms with van der Waals surface area (Å²) in [5, 5.41) is 4.01. The van der Waals surface area contributed by atoms with Gasteiger partial charge in [0, 0.05) is 25.2 Å². The molecule has 6 heteroatoms. The van der Waals surface area contributed by atoms with Crippen molar-refractivity contribution in [1.29, 1.82) is 0 Å². The van der Waals surface area contributed by atoms with E-state index in [1.54, 1.807) is 32.5 Å². The van der Waals surface area contributed by atoms with Gasteiger partial charge in [-0.3, -0.25) is 9.69 Å². The van der Waals surface area contributed by atoms with Gasteiger partial charge >= 0.3 is 0 Å². The van der Waals surface area contributed by atoms with Crippen LogP contribution in [-0.4, -0.2) is 30.2 Å².